The predicted octanol–water partition coefficient (Wildman–Crippen LogP) is 3.45. The third-order valence-corrected chi connectivity index (χ3v) is 5.17. The van der Waals surface area contributed by atoms with Gasteiger partial charge in [0, 0.05) is 12.7 Å². The van der Waals surface area contributed by atoms with Gasteiger partial charge >= 0.3 is 10.1 Å². The predicted molar refractivity (Wildman–Crippen MR) is 84.7 cm³/mol. The molecule has 4 nitrogen and oxygen atoms in total. The fourth-order valence-corrected chi connectivity index (χ4v) is 3.10. The van der Waals surface area contributed by atoms with Gasteiger partial charge in [0.2, 0.25) is 0 Å². The molecule has 1 aromatic carbocycles. The summed E-state index contributed by atoms with van der Waals surface area (Å²) in [6, 6.07) is 8.16. The van der Waals surface area contributed by atoms with Crippen LogP contribution in [0.25, 0.3) is 0 Å². The largest absolute Gasteiger partial charge is 0.376 e. The molecule has 0 amide bonds. The van der Waals surface area contributed by atoms with Crippen LogP contribution in [-0.2, 0) is 17.2 Å². The number of nitrogens with zero attached hydrogens (tertiary/aromatic N) is 1. The van der Waals surface area contributed by atoms with Gasteiger partial charge < -0.3 is 8.75 Å². The number of pyridine rings is 1. The Labute approximate surface area is 130 Å². The summed E-state index contributed by atoms with van der Waals surface area (Å²) in [6.07, 6.45) is 0. The van der Waals surface area contributed by atoms with E-state index in [1.807, 2.05) is 20.8 Å². The molecule has 0 unspecified atom stereocenters. The Bertz CT molecular complexity index is 834. The molecule has 0 aliphatic rings. The Morgan fingerprint density at radius 1 is 1.10 bits per heavy atom. The SMILES string of the molecule is Cc1ccc(S(=O)(=O)Oc2cc(C)c(C)n(C)c2=S)cc1. The maximum absolute atomic E-state index is 12.3. The van der Waals surface area contributed by atoms with E-state index in [2.05, 4.69) is 0 Å². The Morgan fingerprint density at radius 2 is 1.67 bits per heavy atom. The van der Waals surface area contributed by atoms with Gasteiger partial charge in [0.05, 0.1) is 0 Å². The zero-order valence-electron chi connectivity index (χ0n) is 12.4. The Hall–Kier alpha value is -1.66. The third-order valence-electron chi connectivity index (χ3n) is 3.45. The van der Waals surface area contributed by atoms with Crippen LogP contribution in [0.5, 0.6) is 5.75 Å². The zero-order valence-corrected chi connectivity index (χ0v) is 14.0. The molecule has 6 heteroatoms. The van der Waals surface area contributed by atoms with E-state index in [9.17, 15) is 8.42 Å². The maximum atomic E-state index is 12.3. The molecule has 21 heavy (non-hydrogen) atoms. The Kier molecular flexibility index (Phi) is 4.20. The topological polar surface area (TPSA) is 48.3 Å². The van der Waals surface area contributed by atoms with Crippen LogP contribution in [0.2, 0.25) is 0 Å². The molecule has 0 saturated heterocycles. The Morgan fingerprint density at radius 3 is 2.24 bits per heavy atom. The Balaban J connectivity index is 2.47. The van der Waals surface area contributed by atoms with Crippen LogP contribution >= 0.6 is 12.2 Å². The second-order valence-corrected chi connectivity index (χ2v) is 6.92. The number of benzene rings is 1. The normalized spacial score (nSPS) is 11.4. The average Bonchev–Trinajstić information content (AvgIpc) is 2.42. The highest BCUT2D eigenvalue weighted by Crippen LogP contribution is 2.23. The van der Waals surface area contributed by atoms with E-state index in [4.69, 9.17) is 16.4 Å². The second-order valence-electron chi connectivity index (χ2n) is 4.99. The lowest BCUT2D eigenvalue weighted by molar-refractivity contribution is 0.481. The standard InChI is InChI=1S/C15H17NO3S2/c1-10-5-7-13(8-6-10)21(17,18)19-14-9-11(2)12(3)16(4)15(14)20/h5-9H,1-4H3. The van der Waals surface area contributed by atoms with Gasteiger partial charge in [-0.2, -0.15) is 8.42 Å². The van der Waals surface area contributed by atoms with Gasteiger partial charge in [-0.25, -0.2) is 0 Å². The molecule has 0 spiro atoms. The van der Waals surface area contributed by atoms with E-state index in [0.717, 1.165) is 16.8 Å². The minimum Gasteiger partial charge on any atom is -0.376 e. The first kappa shape index (κ1) is 15.7. The fourth-order valence-electron chi connectivity index (χ4n) is 1.88. The van der Waals surface area contributed by atoms with Crippen LogP contribution in [0.4, 0.5) is 0 Å². The van der Waals surface area contributed by atoms with Gasteiger partial charge in [-0.1, -0.05) is 29.9 Å². The van der Waals surface area contributed by atoms with Crippen molar-refractivity contribution in [3.63, 3.8) is 0 Å². The van der Waals surface area contributed by atoms with E-state index in [0.29, 0.717) is 4.64 Å². The monoisotopic (exact) mass is 323 g/mol. The van der Waals surface area contributed by atoms with Gasteiger partial charge in [-0.3, -0.25) is 0 Å². The summed E-state index contributed by atoms with van der Waals surface area (Å²) >= 11 is 5.25. The van der Waals surface area contributed by atoms with Gasteiger partial charge in [0.1, 0.15) is 9.54 Å². The quantitative estimate of drug-likeness (QED) is 0.641. The fraction of sp³-hybridized carbons (Fsp3) is 0.267. The molecule has 0 saturated carbocycles. The van der Waals surface area contributed by atoms with Crippen molar-refractivity contribution in [1.82, 2.24) is 4.57 Å². The number of hydrogen-bond acceptors (Lipinski definition) is 4. The second kappa shape index (κ2) is 5.61. The molecule has 2 rings (SSSR count). The zero-order chi connectivity index (χ0) is 15.8. The maximum Gasteiger partial charge on any atom is 0.339 e. The van der Waals surface area contributed by atoms with E-state index < -0.39 is 10.1 Å². The lowest BCUT2D eigenvalue weighted by atomic mass is 10.2. The summed E-state index contributed by atoms with van der Waals surface area (Å²) in [5.74, 6) is 0.177. The van der Waals surface area contributed by atoms with Crippen molar-refractivity contribution in [3.05, 3.63) is 51.8 Å². The van der Waals surface area contributed by atoms with Crippen molar-refractivity contribution in [3.8, 4) is 5.75 Å². The molecule has 1 aromatic heterocycles. The molecule has 2 aromatic rings. The summed E-state index contributed by atoms with van der Waals surface area (Å²) < 4.78 is 31.9. The third kappa shape index (κ3) is 3.16. The van der Waals surface area contributed by atoms with Crippen molar-refractivity contribution in [2.24, 2.45) is 7.05 Å². The number of rotatable bonds is 3. The van der Waals surface area contributed by atoms with Crippen molar-refractivity contribution in [2.75, 3.05) is 0 Å². The van der Waals surface area contributed by atoms with Gasteiger partial charge in [0.25, 0.3) is 0 Å². The molecule has 0 aliphatic heterocycles. The smallest absolute Gasteiger partial charge is 0.339 e. The number of aryl methyl sites for hydroxylation is 2. The summed E-state index contributed by atoms with van der Waals surface area (Å²) in [6.45, 7) is 5.70. The summed E-state index contributed by atoms with van der Waals surface area (Å²) in [5.41, 5.74) is 2.87. The molecule has 0 fully saturated rings. The van der Waals surface area contributed by atoms with Crippen molar-refractivity contribution >= 4 is 22.3 Å². The van der Waals surface area contributed by atoms with Crippen LogP contribution in [-0.4, -0.2) is 13.0 Å². The minimum absolute atomic E-state index is 0.114. The highest BCUT2D eigenvalue weighted by molar-refractivity contribution is 7.87. The van der Waals surface area contributed by atoms with E-state index in [1.165, 1.54) is 12.1 Å². The molecule has 0 N–H and O–H groups in total. The summed E-state index contributed by atoms with van der Waals surface area (Å²) in [7, 11) is -2.09. The van der Waals surface area contributed by atoms with Gasteiger partial charge in [0.15, 0.2) is 5.75 Å². The van der Waals surface area contributed by atoms with E-state index >= 15 is 0 Å². The van der Waals surface area contributed by atoms with E-state index in [1.54, 1.807) is 29.8 Å². The molecule has 112 valence electrons. The molecule has 0 bridgehead atoms. The van der Waals surface area contributed by atoms with Gasteiger partial charge in [-0.05, 0) is 44.5 Å². The number of hydrogen-bond donors (Lipinski definition) is 0. The van der Waals surface area contributed by atoms with Crippen molar-refractivity contribution < 1.29 is 12.6 Å². The molecular formula is C15H17NO3S2. The molecule has 0 atom stereocenters. The summed E-state index contributed by atoms with van der Waals surface area (Å²) in [5, 5.41) is 0. The van der Waals surface area contributed by atoms with Crippen LogP contribution in [0.3, 0.4) is 0 Å². The van der Waals surface area contributed by atoms with Crippen LogP contribution in [0, 0.1) is 25.4 Å². The number of aromatic nitrogens is 1. The summed E-state index contributed by atoms with van der Waals surface area (Å²) in [4.78, 5) is 0.114. The first-order chi connectivity index (χ1) is 9.72. The van der Waals surface area contributed by atoms with Crippen molar-refractivity contribution in [2.45, 2.75) is 25.7 Å². The van der Waals surface area contributed by atoms with Crippen LogP contribution in [0.15, 0.2) is 35.2 Å². The molecule has 1 heterocycles. The van der Waals surface area contributed by atoms with E-state index in [-0.39, 0.29) is 10.6 Å². The lowest BCUT2D eigenvalue weighted by Crippen LogP contribution is -2.12. The van der Waals surface area contributed by atoms with Gasteiger partial charge in [-0.15, -0.1) is 0 Å². The highest BCUT2D eigenvalue weighted by atomic mass is 32.2. The van der Waals surface area contributed by atoms with Crippen molar-refractivity contribution in [1.29, 1.82) is 0 Å². The molecular weight excluding hydrogens is 306 g/mol. The lowest BCUT2D eigenvalue weighted by Gasteiger charge is -2.13. The highest BCUT2D eigenvalue weighted by Gasteiger charge is 2.18. The minimum atomic E-state index is -3.88. The molecule has 0 radical (unpaired) electrons. The van der Waals surface area contributed by atoms with Crippen LogP contribution in [0.1, 0.15) is 16.8 Å². The average molecular weight is 323 g/mol. The first-order valence-electron chi connectivity index (χ1n) is 6.41. The molecule has 0 aliphatic carbocycles. The van der Waals surface area contributed by atoms with Crippen LogP contribution < -0.4 is 4.18 Å². The first-order valence-corrected chi connectivity index (χ1v) is 8.22.